The van der Waals surface area contributed by atoms with Crippen LogP contribution in [0.25, 0.3) is 22.3 Å². The van der Waals surface area contributed by atoms with Crippen LogP contribution in [0.5, 0.6) is 11.5 Å². The van der Waals surface area contributed by atoms with Crippen LogP contribution in [-0.4, -0.2) is 68.7 Å². The van der Waals surface area contributed by atoms with Crippen LogP contribution in [0.1, 0.15) is 27.2 Å². The number of rotatable bonds is 11. The van der Waals surface area contributed by atoms with Gasteiger partial charge in [0.1, 0.15) is 22.9 Å². The minimum Gasteiger partial charge on any atom is -0.497 e. The molecule has 0 aliphatic carbocycles. The molecular weight excluding hydrogens is 574 g/mol. The smallest absolute Gasteiger partial charge is 0.413 e. The van der Waals surface area contributed by atoms with Gasteiger partial charge < -0.3 is 19.1 Å². The van der Waals surface area contributed by atoms with Crippen molar-refractivity contribution in [2.75, 3.05) is 43.8 Å². The number of amides is 1. The molecule has 0 bridgehead atoms. The van der Waals surface area contributed by atoms with Gasteiger partial charge in [-0.1, -0.05) is 0 Å². The average Bonchev–Trinajstić information content (AvgIpc) is 2.94. The zero-order chi connectivity index (χ0) is 31.2. The number of hydrogen-bond donors (Lipinski definition) is 1. The van der Waals surface area contributed by atoms with E-state index in [1.807, 2.05) is 35.2 Å². The number of nitrogens with one attached hydrogen (secondary N) is 1. The molecule has 13 heteroatoms. The summed E-state index contributed by atoms with van der Waals surface area (Å²) in [6, 6.07) is 14.6. The molecule has 0 fully saturated rings. The SMILES string of the molecule is COc1cc(OC)cc(N(CCCOS(C)(=O)=O)c2ccc3ncc(-c4ccnc(NC(=O)OC(C)(C)C)c4)nc3c2)c1. The third-order valence-corrected chi connectivity index (χ3v) is 6.59. The maximum absolute atomic E-state index is 12.2. The van der Waals surface area contributed by atoms with Gasteiger partial charge in [-0.3, -0.25) is 14.5 Å². The molecule has 0 atom stereocenters. The maximum Gasteiger partial charge on any atom is 0.413 e. The van der Waals surface area contributed by atoms with Gasteiger partial charge in [0, 0.05) is 47.9 Å². The summed E-state index contributed by atoms with van der Waals surface area (Å²) in [7, 11) is -0.416. The lowest BCUT2D eigenvalue weighted by Crippen LogP contribution is -2.27. The molecule has 2 aromatic heterocycles. The minimum atomic E-state index is -3.56. The molecule has 0 radical (unpaired) electrons. The quantitative estimate of drug-likeness (QED) is 0.169. The fourth-order valence-electron chi connectivity index (χ4n) is 4.16. The predicted molar refractivity (Wildman–Crippen MR) is 165 cm³/mol. The van der Waals surface area contributed by atoms with E-state index >= 15 is 0 Å². The third kappa shape index (κ3) is 9.00. The molecule has 0 aliphatic rings. The topological polar surface area (TPSA) is 142 Å². The molecule has 2 heterocycles. The summed E-state index contributed by atoms with van der Waals surface area (Å²) >= 11 is 0. The van der Waals surface area contributed by atoms with Crippen LogP contribution in [0.2, 0.25) is 0 Å². The number of pyridine rings is 1. The Bertz CT molecular complexity index is 1680. The van der Waals surface area contributed by atoms with Crippen molar-refractivity contribution in [2.24, 2.45) is 0 Å². The van der Waals surface area contributed by atoms with Crippen molar-refractivity contribution in [3.63, 3.8) is 0 Å². The normalized spacial score (nSPS) is 11.7. The number of nitrogens with zero attached hydrogens (tertiary/aromatic N) is 4. The van der Waals surface area contributed by atoms with Crippen LogP contribution >= 0.6 is 0 Å². The van der Waals surface area contributed by atoms with Gasteiger partial charge in [0.05, 0.1) is 50.0 Å². The lowest BCUT2D eigenvalue weighted by Gasteiger charge is -2.26. The standard InChI is InChI=1S/C30H35N5O7S/c1-30(2,3)42-29(36)34-28-14-20(10-11-31-28)27-19-32-25-9-8-21(17-26(25)33-27)35(12-7-13-41-43(6,37)38)22-15-23(39-4)18-24(16-22)40-5/h8-11,14-19H,7,12-13H2,1-6H3,(H,31,34,36). The number of hydrogen-bond acceptors (Lipinski definition) is 11. The highest BCUT2D eigenvalue weighted by Crippen LogP contribution is 2.34. The van der Waals surface area contributed by atoms with Crippen LogP contribution in [-0.2, 0) is 19.0 Å². The van der Waals surface area contributed by atoms with E-state index < -0.39 is 21.8 Å². The summed E-state index contributed by atoms with van der Waals surface area (Å²) in [5.74, 6) is 1.52. The number of carbonyl (C=O) groups excluding carboxylic acids is 1. The molecule has 0 spiro atoms. The van der Waals surface area contributed by atoms with Crippen molar-refractivity contribution in [3.05, 3.63) is 60.9 Å². The van der Waals surface area contributed by atoms with Gasteiger partial charge in [-0.25, -0.2) is 14.8 Å². The average molecular weight is 610 g/mol. The van der Waals surface area contributed by atoms with Gasteiger partial charge in [0.25, 0.3) is 10.1 Å². The second-order valence-corrected chi connectivity index (χ2v) is 12.2. The Labute approximate surface area is 251 Å². The molecular formula is C30H35N5O7S. The van der Waals surface area contributed by atoms with E-state index in [-0.39, 0.29) is 6.61 Å². The molecule has 228 valence electrons. The predicted octanol–water partition coefficient (Wildman–Crippen LogP) is 5.56. The van der Waals surface area contributed by atoms with Crippen LogP contribution in [0.3, 0.4) is 0 Å². The maximum atomic E-state index is 12.2. The summed E-state index contributed by atoms with van der Waals surface area (Å²) in [6.45, 7) is 5.80. The van der Waals surface area contributed by atoms with Gasteiger partial charge in [-0.05, 0) is 57.5 Å². The van der Waals surface area contributed by atoms with Crippen LogP contribution in [0.4, 0.5) is 22.0 Å². The number of ether oxygens (including phenoxy) is 3. The summed E-state index contributed by atoms with van der Waals surface area (Å²) in [6.07, 6.45) is 4.06. The fraction of sp³-hybridized carbons (Fsp3) is 0.333. The highest BCUT2D eigenvalue weighted by Gasteiger charge is 2.18. The van der Waals surface area contributed by atoms with E-state index in [4.69, 9.17) is 23.4 Å². The highest BCUT2D eigenvalue weighted by molar-refractivity contribution is 7.85. The second-order valence-electron chi connectivity index (χ2n) is 10.6. The Hall–Kier alpha value is -4.49. The van der Waals surface area contributed by atoms with Crippen LogP contribution < -0.4 is 19.7 Å². The van der Waals surface area contributed by atoms with Crippen molar-refractivity contribution in [3.8, 4) is 22.8 Å². The molecule has 0 saturated carbocycles. The lowest BCUT2D eigenvalue weighted by atomic mass is 10.1. The Morgan fingerprint density at radius 1 is 0.930 bits per heavy atom. The Morgan fingerprint density at radius 3 is 2.30 bits per heavy atom. The molecule has 4 rings (SSSR count). The van der Waals surface area contributed by atoms with Crippen molar-refractivity contribution in [1.82, 2.24) is 15.0 Å². The molecule has 1 N–H and O–H groups in total. The summed E-state index contributed by atoms with van der Waals surface area (Å²) in [5.41, 5.74) is 3.50. The monoisotopic (exact) mass is 609 g/mol. The summed E-state index contributed by atoms with van der Waals surface area (Å²) in [4.78, 5) is 27.9. The Balaban J connectivity index is 1.67. The zero-order valence-corrected chi connectivity index (χ0v) is 25.8. The van der Waals surface area contributed by atoms with Gasteiger partial charge in [0.2, 0.25) is 0 Å². The first kappa shape index (κ1) is 31.4. The molecule has 43 heavy (non-hydrogen) atoms. The second kappa shape index (κ2) is 13.2. The molecule has 12 nitrogen and oxygen atoms in total. The van der Waals surface area contributed by atoms with E-state index in [1.165, 1.54) is 0 Å². The molecule has 4 aromatic rings. The van der Waals surface area contributed by atoms with E-state index in [1.54, 1.807) is 65.6 Å². The first-order valence-corrected chi connectivity index (χ1v) is 15.2. The van der Waals surface area contributed by atoms with E-state index in [0.717, 1.165) is 17.6 Å². The number of benzene rings is 2. The lowest BCUT2D eigenvalue weighted by molar-refractivity contribution is 0.0635. The van der Waals surface area contributed by atoms with E-state index in [0.29, 0.717) is 52.6 Å². The molecule has 2 aromatic carbocycles. The van der Waals surface area contributed by atoms with Gasteiger partial charge >= 0.3 is 6.09 Å². The first-order valence-electron chi connectivity index (χ1n) is 13.4. The van der Waals surface area contributed by atoms with Crippen molar-refractivity contribution >= 4 is 44.4 Å². The third-order valence-electron chi connectivity index (χ3n) is 5.99. The molecule has 1 amide bonds. The largest absolute Gasteiger partial charge is 0.497 e. The van der Waals surface area contributed by atoms with Crippen molar-refractivity contribution in [2.45, 2.75) is 32.8 Å². The minimum absolute atomic E-state index is 0.0235. The van der Waals surface area contributed by atoms with Crippen molar-refractivity contribution < 1.29 is 31.6 Å². The number of carbonyl (C=O) groups is 1. The number of fused-ring (bicyclic) bond motifs is 1. The number of methoxy groups -OCH3 is 2. The van der Waals surface area contributed by atoms with E-state index in [9.17, 15) is 13.2 Å². The first-order chi connectivity index (χ1) is 20.3. The fourth-order valence-corrected chi connectivity index (χ4v) is 4.58. The Kier molecular flexibility index (Phi) is 9.66. The van der Waals surface area contributed by atoms with Crippen molar-refractivity contribution in [1.29, 1.82) is 0 Å². The highest BCUT2D eigenvalue weighted by atomic mass is 32.2. The van der Waals surface area contributed by atoms with Gasteiger partial charge in [-0.2, -0.15) is 8.42 Å². The zero-order valence-electron chi connectivity index (χ0n) is 24.9. The Morgan fingerprint density at radius 2 is 1.65 bits per heavy atom. The van der Waals surface area contributed by atoms with Crippen LogP contribution in [0, 0.1) is 0 Å². The molecule has 0 saturated heterocycles. The van der Waals surface area contributed by atoms with E-state index in [2.05, 4.69) is 15.3 Å². The number of anilines is 3. The molecule has 0 unspecified atom stereocenters. The van der Waals surface area contributed by atoms with Crippen LogP contribution in [0.15, 0.2) is 60.9 Å². The summed E-state index contributed by atoms with van der Waals surface area (Å²) < 4.78 is 44.2. The van der Waals surface area contributed by atoms with Gasteiger partial charge in [-0.15, -0.1) is 0 Å². The van der Waals surface area contributed by atoms with Gasteiger partial charge in [0.15, 0.2) is 0 Å². The molecule has 0 aliphatic heterocycles. The summed E-state index contributed by atoms with van der Waals surface area (Å²) in [5, 5.41) is 2.64. The number of aromatic nitrogens is 3.